The van der Waals surface area contributed by atoms with Crippen LogP contribution < -0.4 is 10.2 Å². The quantitative estimate of drug-likeness (QED) is 0.436. The van der Waals surface area contributed by atoms with Gasteiger partial charge in [-0.15, -0.1) is 0 Å². The largest absolute Gasteiger partial charge is 0.467 e. The number of benzene rings is 2. The van der Waals surface area contributed by atoms with Crippen molar-refractivity contribution in [1.82, 2.24) is 10.3 Å². The van der Waals surface area contributed by atoms with E-state index in [9.17, 15) is 9.59 Å². The maximum absolute atomic E-state index is 12.8. The highest BCUT2D eigenvalue weighted by Crippen LogP contribution is 2.23. The molecule has 0 aliphatic rings. The van der Waals surface area contributed by atoms with Gasteiger partial charge in [-0.05, 0) is 36.4 Å². The standard InChI is InChI=1S/C24H21N3O3S/c1-27(23(28)16-31-22-13-12-17-7-2-4-10-20(17)26-22)21-11-5-3-9-19(21)24(29)25-15-18-8-6-14-30-18/h2-14H,15-16H2,1H3,(H,25,29). The summed E-state index contributed by atoms with van der Waals surface area (Å²) in [5.41, 5.74) is 1.88. The van der Waals surface area contributed by atoms with Crippen LogP contribution in [0.3, 0.4) is 0 Å². The average molecular weight is 432 g/mol. The maximum atomic E-state index is 12.8. The number of hydrogen-bond donors (Lipinski definition) is 1. The Labute approximate surface area is 184 Å². The van der Waals surface area contributed by atoms with E-state index >= 15 is 0 Å². The highest BCUT2D eigenvalue weighted by molar-refractivity contribution is 7.99. The molecule has 0 radical (unpaired) electrons. The second kappa shape index (κ2) is 9.49. The number of rotatable bonds is 7. The predicted octanol–water partition coefficient (Wildman–Crippen LogP) is 4.51. The van der Waals surface area contributed by atoms with Crippen LogP contribution in [0.5, 0.6) is 0 Å². The molecule has 0 unspecified atom stereocenters. The number of nitrogens with zero attached hydrogens (tertiary/aromatic N) is 2. The number of pyridine rings is 1. The third kappa shape index (κ3) is 4.95. The van der Waals surface area contributed by atoms with Gasteiger partial charge in [0.25, 0.3) is 5.91 Å². The molecule has 0 spiro atoms. The summed E-state index contributed by atoms with van der Waals surface area (Å²) in [5.74, 6) is 0.487. The Hall–Kier alpha value is -3.58. The summed E-state index contributed by atoms with van der Waals surface area (Å²) in [4.78, 5) is 31.6. The topological polar surface area (TPSA) is 75.4 Å². The highest BCUT2D eigenvalue weighted by atomic mass is 32.2. The average Bonchev–Trinajstić information content (AvgIpc) is 3.34. The minimum atomic E-state index is -0.268. The second-order valence-corrected chi connectivity index (χ2v) is 7.86. The zero-order chi connectivity index (χ0) is 21.6. The molecule has 4 rings (SSSR count). The molecule has 0 bridgehead atoms. The molecule has 6 nitrogen and oxygen atoms in total. The number of furan rings is 1. The van der Waals surface area contributed by atoms with Crippen molar-refractivity contribution in [3.05, 3.63) is 90.4 Å². The first kappa shape index (κ1) is 20.7. The maximum Gasteiger partial charge on any atom is 0.253 e. The molecule has 31 heavy (non-hydrogen) atoms. The predicted molar refractivity (Wildman–Crippen MR) is 122 cm³/mol. The molecule has 156 valence electrons. The molecule has 1 N–H and O–H groups in total. The van der Waals surface area contributed by atoms with E-state index in [0.717, 1.165) is 15.9 Å². The Morgan fingerprint density at radius 2 is 1.81 bits per heavy atom. The van der Waals surface area contributed by atoms with Crippen LogP contribution >= 0.6 is 11.8 Å². The van der Waals surface area contributed by atoms with E-state index in [1.54, 1.807) is 49.7 Å². The lowest BCUT2D eigenvalue weighted by Gasteiger charge is -2.20. The van der Waals surface area contributed by atoms with E-state index in [4.69, 9.17) is 4.42 Å². The lowest BCUT2D eigenvalue weighted by molar-refractivity contribution is -0.115. The molecule has 2 amide bonds. The fraction of sp³-hybridized carbons (Fsp3) is 0.125. The molecular weight excluding hydrogens is 410 g/mol. The van der Waals surface area contributed by atoms with Crippen LogP contribution in [-0.2, 0) is 11.3 Å². The number of thioether (sulfide) groups is 1. The molecule has 0 fully saturated rings. The smallest absolute Gasteiger partial charge is 0.253 e. The number of carbonyl (C=O) groups excluding carboxylic acids is 2. The Kier molecular flexibility index (Phi) is 6.33. The number of para-hydroxylation sites is 2. The normalized spacial score (nSPS) is 10.7. The lowest BCUT2D eigenvalue weighted by Crippen LogP contribution is -2.31. The first-order chi connectivity index (χ1) is 15.1. The summed E-state index contributed by atoms with van der Waals surface area (Å²) in [6, 6.07) is 22.4. The van der Waals surface area contributed by atoms with Gasteiger partial charge in [0.1, 0.15) is 5.76 Å². The molecule has 7 heteroatoms. The van der Waals surface area contributed by atoms with Gasteiger partial charge in [0.2, 0.25) is 5.91 Å². The SMILES string of the molecule is CN(C(=O)CSc1ccc2ccccc2n1)c1ccccc1C(=O)NCc1ccco1. The van der Waals surface area contributed by atoms with Crippen molar-refractivity contribution in [3.8, 4) is 0 Å². The molecule has 2 heterocycles. The molecule has 0 atom stereocenters. The summed E-state index contributed by atoms with van der Waals surface area (Å²) >= 11 is 1.37. The fourth-order valence-corrected chi connectivity index (χ4v) is 3.92. The molecule has 0 aliphatic heterocycles. The van der Waals surface area contributed by atoms with Gasteiger partial charge in [-0.2, -0.15) is 0 Å². The number of carbonyl (C=O) groups is 2. The van der Waals surface area contributed by atoms with Gasteiger partial charge in [-0.1, -0.05) is 48.2 Å². The van der Waals surface area contributed by atoms with E-state index in [1.807, 2.05) is 36.4 Å². The first-order valence-corrected chi connectivity index (χ1v) is 10.7. The van der Waals surface area contributed by atoms with Crippen LogP contribution in [0.15, 0.2) is 88.5 Å². The Morgan fingerprint density at radius 1 is 1.00 bits per heavy atom. The summed E-state index contributed by atoms with van der Waals surface area (Å²) < 4.78 is 5.25. The van der Waals surface area contributed by atoms with E-state index in [2.05, 4.69) is 10.3 Å². The number of amides is 2. The third-order valence-electron chi connectivity index (χ3n) is 4.80. The minimum absolute atomic E-state index is 0.119. The number of fused-ring (bicyclic) bond motifs is 1. The molecule has 0 saturated heterocycles. The number of aromatic nitrogens is 1. The van der Waals surface area contributed by atoms with Crippen LogP contribution in [-0.4, -0.2) is 29.6 Å². The zero-order valence-corrected chi connectivity index (χ0v) is 17.8. The van der Waals surface area contributed by atoms with Crippen molar-refractivity contribution in [2.45, 2.75) is 11.6 Å². The Bertz CT molecular complexity index is 1210. The van der Waals surface area contributed by atoms with E-state index in [-0.39, 0.29) is 24.1 Å². The highest BCUT2D eigenvalue weighted by Gasteiger charge is 2.19. The van der Waals surface area contributed by atoms with Gasteiger partial charge in [0, 0.05) is 12.4 Å². The zero-order valence-electron chi connectivity index (χ0n) is 16.9. The second-order valence-electron chi connectivity index (χ2n) is 6.86. The van der Waals surface area contributed by atoms with Crippen molar-refractivity contribution in [3.63, 3.8) is 0 Å². The Morgan fingerprint density at radius 3 is 2.65 bits per heavy atom. The summed E-state index contributed by atoms with van der Waals surface area (Å²) in [6.45, 7) is 0.279. The van der Waals surface area contributed by atoms with Crippen molar-refractivity contribution >= 4 is 40.2 Å². The van der Waals surface area contributed by atoms with Crippen LogP contribution in [0.4, 0.5) is 5.69 Å². The lowest BCUT2D eigenvalue weighted by atomic mass is 10.1. The number of hydrogen-bond acceptors (Lipinski definition) is 5. The fourth-order valence-electron chi connectivity index (χ4n) is 3.13. The van der Waals surface area contributed by atoms with Gasteiger partial charge in [0.15, 0.2) is 0 Å². The van der Waals surface area contributed by atoms with Crippen LogP contribution in [0.1, 0.15) is 16.1 Å². The molecule has 2 aromatic heterocycles. The number of nitrogens with one attached hydrogen (secondary N) is 1. The molecule has 0 saturated carbocycles. The minimum Gasteiger partial charge on any atom is -0.467 e. The van der Waals surface area contributed by atoms with Gasteiger partial charge in [-0.25, -0.2) is 4.98 Å². The van der Waals surface area contributed by atoms with Gasteiger partial charge < -0.3 is 14.6 Å². The Balaban J connectivity index is 1.42. The van der Waals surface area contributed by atoms with E-state index in [1.165, 1.54) is 16.7 Å². The third-order valence-corrected chi connectivity index (χ3v) is 5.72. The van der Waals surface area contributed by atoms with Crippen LogP contribution in [0, 0.1) is 0 Å². The van der Waals surface area contributed by atoms with E-state index in [0.29, 0.717) is 17.0 Å². The molecule has 0 aliphatic carbocycles. The van der Waals surface area contributed by atoms with Gasteiger partial charge in [0.05, 0.1) is 40.4 Å². The van der Waals surface area contributed by atoms with E-state index < -0.39 is 0 Å². The van der Waals surface area contributed by atoms with Crippen molar-refractivity contribution in [2.75, 3.05) is 17.7 Å². The first-order valence-electron chi connectivity index (χ1n) is 9.76. The summed E-state index contributed by atoms with van der Waals surface area (Å²) in [6.07, 6.45) is 1.56. The van der Waals surface area contributed by atoms with Crippen LogP contribution in [0.2, 0.25) is 0 Å². The molecule has 2 aromatic carbocycles. The number of anilines is 1. The van der Waals surface area contributed by atoms with Crippen molar-refractivity contribution in [1.29, 1.82) is 0 Å². The monoisotopic (exact) mass is 431 g/mol. The summed E-state index contributed by atoms with van der Waals surface area (Å²) in [5, 5.41) is 4.67. The summed E-state index contributed by atoms with van der Waals surface area (Å²) in [7, 11) is 1.68. The molecular formula is C24H21N3O3S. The van der Waals surface area contributed by atoms with Crippen molar-refractivity contribution < 1.29 is 14.0 Å². The molecule has 4 aromatic rings. The van der Waals surface area contributed by atoms with Crippen LogP contribution in [0.25, 0.3) is 10.9 Å². The van der Waals surface area contributed by atoms with Gasteiger partial charge >= 0.3 is 0 Å². The van der Waals surface area contributed by atoms with Crippen molar-refractivity contribution in [2.24, 2.45) is 0 Å². The van der Waals surface area contributed by atoms with Gasteiger partial charge in [-0.3, -0.25) is 9.59 Å².